The van der Waals surface area contributed by atoms with Gasteiger partial charge in [-0.2, -0.15) is 8.78 Å². The summed E-state index contributed by atoms with van der Waals surface area (Å²) in [5.41, 5.74) is 1.50. The third kappa shape index (κ3) is 3.21. The molecule has 3 rings (SSSR count). The van der Waals surface area contributed by atoms with Crippen LogP contribution in [0.2, 0.25) is 0 Å². The van der Waals surface area contributed by atoms with Crippen LogP contribution in [0.5, 0.6) is 0 Å². The number of imide groups is 1. The number of benzene rings is 1. The fraction of sp³-hybridized carbons (Fsp3) is 0.375. The highest BCUT2D eigenvalue weighted by Gasteiger charge is 2.39. The molecule has 0 aliphatic carbocycles. The maximum Gasteiger partial charge on any atom is 0.315 e. The van der Waals surface area contributed by atoms with Crippen molar-refractivity contribution in [2.24, 2.45) is 0 Å². The molecule has 0 spiro atoms. The molecule has 9 heteroatoms. The molecule has 2 N–H and O–H groups in total. The number of amides is 4. The van der Waals surface area contributed by atoms with Gasteiger partial charge in [-0.1, -0.05) is 12.1 Å². The molecule has 25 heavy (non-hydrogen) atoms. The summed E-state index contributed by atoms with van der Waals surface area (Å²) >= 11 is 0. The normalized spacial score (nSPS) is 19.9. The van der Waals surface area contributed by atoms with Crippen LogP contribution in [-0.2, 0) is 27.5 Å². The molecule has 0 bridgehead atoms. The van der Waals surface area contributed by atoms with Gasteiger partial charge in [0.1, 0.15) is 6.04 Å². The molecule has 0 radical (unpaired) electrons. The van der Waals surface area contributed by atoms with Gasteiger partial charge in [-0.15, -0.1) is 0 Å². The minimum absolute atomic E-state index is 0.126. The molecule has 0 aromatic heterocycles. The maximum absolute atomic E-state index is 12.6. The van der Waals surface area contributed by atoms with Gasteiger partial charge >= 0.3 is 6.43 Å². The van der Waals surface area contributed by atoms with Crippen LogP contribution in [0.25, 0.3) is 0 Å². The molecule has 1 atom stereocenters. The maximum atomic E-state index is 12.6. The third-order valence-corrected chi connectivity index (χ3v) is 4.33. The second kappa shape index (κ2) is 6.58. The number of nitrogens with zero attached hydrogens (tertiary/aromatic N) is 1. The van der Waals surface area contributed by atoms with Crippen molar-refractivity contribution in [2.45, 2.75) is 38.4 Å². The molecule has 1 unspecified atom stereocenters. The van der Waals surface area contributed by atoms with Gasteiger partial charge in [0.05, 0.1) is 0 Å². The molecule has 7 nitrogen and oxygen atoms in total. The number of fused-ring (bicyclic) bond motifs is 1. The number of hydrogen-bond donors (Lipinski definition) is 2. The molecule has 132 valence electrons. The summed E-state index contributed by atoms with van der Waals surface area (Å²) in [5.74, 6) is -2.64. The van der Waals surface area contributed by atoms with Gasteiger partial charge in [-0.3, -0.25) is 24.5 Å². The lowest BCUT2D eigenvalue weighted by molar-refractivity contribution is -0.137. The van der Waals surface area contributed by atoms with Crippen molar-refractivity contribution in [3.8, 4) is 0 Å². The Kier molecular flexibility index (Phi) is 4.47. The fourth-order valence-electron chi connectivity index (χ4n) is 3.07. The zero-order valence-electron chi connectivity index (χ0n) is 13.1. The van der Waals surface area contributed by atoms with E-state index in [1.807, 2.05) is 0 Å². The summed E-state index contributed by atoms with van der Waals surface area (Å²) in [6.45, 7) is -0.00994. The largest absolute Gasteiger partial charge is 0.347 e. The number of piperidine rings is 1. The van der Waals surface area contributed by atoms with E-state index >= 15 is 0 Å². The molecule has 1 aromatic carbocycles. The van der Waals surface area contributed by atoms with Gasteiger partial charge in [0.2, 0.25) is 11.8 Å². The van der Waals surface area contributed by atoms with Crippen molar-refractivity contribution in [3.63, 3.8) is 0 Å². The Hall–Kier alpha value is -2.84. The van der Waals surface area contributed by atoms with E-state index in [2.05, 4.69) is 10.6 Å². The Morgan fingerprint density at radius 1 is 1.32 bits per heavy atom. The molecular weight excluding hydrogens is 336 g/mol. The molecule has 0 saturated carbocycles. The van der Waals surface area contributed by atoms with Gasteiger partial charge in [0.15, 0.2) is 0 Å². The number of hydrogen-bond acceptors (Lipinski definition) is 4. The minimum atomic E-state index is -3.11. The number of carbonyl (C=O) groups excluding carboxylic acids is 4. The first-order valence-corrected chi connectivity index (χ1v) is 7.69. The van der Waals surface area contributed by atoms with E-state index < -0.39 is 24.3 Å². The monoisotopic (exact) mass is 351 g/mol. The first kappa shape index (κ1) is 17.0. The molecule has 1 fully saturated rings. The van der Waals surface area contributed by atoms with E-state index in [9.17, 15) is 28.0 Å². The number of alkyl halides is 2. The molecule has 2 aliphatic rings. The molecule has 1 saturated heterocycles. The van der Waals surface area contributed by atoms with Crippen LogP contribution in [0, 0.1) is 0 Å². The average Bonchev–Trinajstić information content (AvgIpc) is 2.90. The lowest BCUT2D eigenvalue weighted by Crippen LogP contribution is -2.52. The van der Waals surface area contributed by atoms with Crippen LogP contribution in [0.4, 0.5) is 8.78 Å². The summed E-state index contributed by atoms with van der Waals surface area (Å²) in [4.78, 5) is 48.2. The highest BCUT2D eigenvalue weighted by Crippen LogP contribution is 2.29. The van der Waals surface area contributed by atoms with E-state index in [4.69, 9.17) is 0 Å². The zero-order valence-corrected chi connectivity index (χ0v) is 13.1. The van der Waals surface area contributed by atoms with Gasteiger partial charge in [0.25, 0.3) is 11.8 Å². The predicted octanol–water partition coefficient (Wildman–Crippen LogP) is 0.329. The molecule has 2 aliphatic heterocycles. The number of carbonyl (C=O) groups is 4. The van der Waals surface area contributed by atoms with Gasteiger partial charge in [0, 0.05) is 25.1 Å². The Bertz CT molecular complexity index is 766. The van der Waals surface area contributed by atoms with E-state index in [1.54, 1.807) is 18.2 Å². The van der Waals surface area contributed by atoms with E-state index in [1.165, 1.54) is 4.90 Å². The van der Waals surface area contributed by atoms with Crippen molar-refractivity contribution in [2.75, 3.05) is 0 Å². The second-order valence-electron chi connectivity index (χ2n) is 5.86. The smallest absolute Gasteiger partial charge is 0.315 e. The average molecular weight is 351 g/mol. The summed E-state index contributed by atoms with van der Waals surface area (Å²) in [5, 5.41) is 4.32. The van der Waals surface area contributed by atoms with Crippen molar-refractivity contribution < 1.29 is 28.0 Å². The Morgan fingerprint density at radius 2 is 2.08 bits per heavy atom. The lowest BCUT2D eigenvalue weighted by Gasteiger charge is -2.29. The van der Waals surface area contributed by atoms with Crippen LogP contribution >= 0.6 is 0 Å². The molecular formula is C16H15F2N3O4. The SMILES string of the molecule is O=C1CCC(N2Cc3c(CNC(=O)C(F)F)cccc3C2=O)C(=O)N1. The third-order valence-electron chi connectivity index (χ3n) is 4.33. The first-order valence-electron chi connectivity index (χ1n) is 7.69. The highest BCUT2D eigenvalue weighted by atomic mass is 19.3. The van der Waals surface area contributed by atoms with Crippen molar-refractivity contribution in [1.82, 2.24) is 15.5 Å². The lowest BCUT2D eigenvalue weighted by atomic mass is 10.0. The van der Waals surface area contributed by atoms with Crippen molar-refractivity contribution in [3.05, 3.63) is 34.9 Å². The second-order valence-corrected chi connectivity index (χ2v) is 5.86. The summed E-state index contributed by atoms with van der Waals surface area (Å²) in [6, 6.07) is 4.06. The van der Waals surface area contributed by atoms with Crippen LogP contribution < -0.4 is 10.6 Å². The van der Waals surface area contributed by atoms with Gasteiger partial charge in [-0.05, 0) is 23.6 Å². The van der Waals surface area contributed by atoms with E-state index in [-0.39, 0.29) is 37.7 Å². The van der Waals surface area contributed by atoms with E-state index in [0.717, 1.165) is 0 Å². The van der Waals surface area contributed by atoms with Crippen molar-refractivity contribution in [1.29, 1.82) is 0 Å². The summed E-state index contributed by atoms with van der Waals surface area (Å²) < 4.78 is 24.6. The first-order chi connectivity index (χ1) is 11.9. The fourth-order valence-corrected chi connectivity index (χ4v) is 3.07. The number of nitrogens with one attached hydrogen (secondary N) is 2. The quantitative estimate of drug-likeness (QED) is 0.764. The predicted molar refractivity (Wildman–Crippen MR) is 80.3 cm³/mol. The summed E-state index contributed by atoms with van der Waals surface area (Å²) in [7, 11) is 0. The van der Waals surface area contributed by atoms with E-state index in [0.29, 0.717) is 16.7 Å². The Morgan fingerprint density at radius 3 is 2.76 bits per heavy atom. The van der Waals surface area contributed by atoms with Crippen molar-refractivity contribution >= 4 is 23.6 Å². The van der Waals surface area contributed by atoms with Crippen LogP contribution in [0.15, 0.2) is 18.2 Å². The standard InChI is InChI=1S/C16H15F2N3O4/c17-13(18)15(24)19-6-8-2-1-3-9-10(8)7-21(16(9)25)11-4-5-12(22)20-14(11)23/h1-3,11,13H,4-7H2,(H,19,24)(H,20,22,23). The number of halogens is 2. The molecule has 2 heterocycles. The zero-order chi connectivity index (χ0) is 18.1. The number of rotatable bonds is 4. The Labute approximate surface area is 141 Å². The minimum Gasteiger partial charge on any atom is -0.347 e. The van der Waals surface area contributed by atoms with Crippen LogP contribution in [-0.4, -0.2) is 41.0 Å². The highest BCUT2D eigenvalue weighted by molar-refractivity contribution is 6.05. The van der Waals surface area contributed by atoms with Crippen LogP contribution in [0.1, 0.15) is 34.3 Å². The Balaban J connectivity index is 1.79. The van der Waals surface area contributed by atoms with Gasteiger partial charge in [-0.25, -0.2) is 0 Å². The molecule has 4 amide bonds. The topological polar surface area (TPSA) is 95.6 Å². The molecule has 1 aromatic rings. The van der Waals surface area contributed by atoms with Gasteiger partial charge < -0.3 is 10.2 Å². The summed E-state index contributed by atoms with van der Waals surface area (Å²) in [6.07, 6.45) is -2.73. The van der Waals surface area contributed by atoms with Crippen LogP contribution in [0.3, 0.4) is 0 Å².